The number of thioether (sulfide) groups is 1. The Morgan fingerprint density at radius 2 is 2.05 bits per heavy atom. The van der Waals surface area contributed by atoms with Gasteiger partial charge in [0.25, 0.3) is 5.69 Å². The Kier molecular flexibility index (Phi) is 4.61. The second-order valence-corrected chi connectivity index (χ2v) is 5.36. The molecular formula is C14H9ClN2O2S. The van der Waals surface area contributed by atoms with Gasteiger partial charge in [-0.2, -0.15) is 5.26 Å². The van der Waals surface area contributed by atoms with E-state index in [1.807, 2.05) is 6.07 Å². The number of para-hydroxylation sites is 1. The number of nitro groups is 1. The maximum absolute atomic E-state index is 10.9. The molecule has 20 heavy (non-hydrogen) atoms. The van der Waals surface area contributed by atoms with E-state index in [0.29, 0.717) is 21.2 Å². The number of nitro benzene ring substituents is 1. The molecule has 0 fully saturated rings. The number of halogens is 1. The van der Waals surface area contributed by atoms with Gasteiger partial charge in [0.05, 0.1) is 21.5 Å². The number of nitriles is 1. The van der Waals surface area contributed by atoms with Crippen LogP contribution in [0.15, 0.2) is 47.4 Å². The van der Waals surface area contributed by atoms with Gasteiger partial charge in [0.2, 0.25) is 0 Å². The fraction of sp³-hybridized carbons (Fsp3) is 0.0714. The Bertz CT molecular complexity index is 698. The summed E-state index contributed by atoms with van der Waals surface area (Å²) in [6.45, 7) is 0. The molecule has 0 aliphatic rings. The molecule has 0 radical (unpaired) electrons. The molecule has 0 atom stereocenters. The van der Waals surface area contributed by atoms with Crippen molar-refractivity contribution in [1.29, 1.82) is 5.26 Å². The van der Waals surface area contributed by atoms with Crippen molar-refractivity contribution >= 4 is 29.1 Å². The number of hydrogen-bond donors (Lipinski definition) is 0. The molecule has 100 valence electrons. The number of nitrogens with zero attached hydrogens (tertiary/aromatic N) is 2. The van der Waals surface area contributed by atoms with E-state index < -0.39 is 4.92 Å². The minimum Gasteiger partial charge on any atom is -0.258 e. The van der Waals surface area contributed by atoms with Crippen LogP contribution in [0.4, 0.5) is 5.69 Å². The molecule has 2 aromatic carbocycles. The molecule has 0 heterocycles. The zero-order valence-electron chi connectivity index (χ0n) is 10.2. The third kappa shape index (κ3) is 3.29. The molecule has 0 aliphatic carbocycles. The normalized spacial score (nSPS) is 10.0. The first-order valence-corrected chi connectivity index (χ1v) is 7.03. The van der Waals surface area contributed by atoms with E-state index in [0.717, 1.165) is 5.56 Å². The van der Waals surface area contributed by atoms with Crippen molar-refractivity contribution in [1.82, 2.24) is 0 Å². The van der Waals surface area contributed by atoms with Crippen molar-refractivity contribution in [2.75, 3.05) is 0 Å². The lowest BCUT2D eigenvalue weighted by atomic mass is 10.2. The molecule has 0 spiro atoms. The minimum absolute atomic E-state index is 0.0854. The molecule has 0 N–H and O–H groups in total. The summed E-state index contributed by atoms with van der Waals surface area (Å²) in [5.41, 5.74) is 1.42. The summed E-state index contributed by atoms with van der Waals surface area (Å²) >= 11 is 7.43. The Morgan fingerprint density at radius 1 is 1.30 bits per heavy atom. The van der Waals surface area contributed by atoms with Crippen molar-refractivity contribution in [3.05, 3.63) is 68.7 Å². The van der Waals surface area contributed by atoms with Gasteiger partial charge in [-0.25, -0.2) is 0 Å². The number of rotatable bonds is 4. The molecule has 0 aromatic heterocycles. The first-order chi connectivity index (χ1) is 9.61. The lowest BCUT2D eigenvalue weighted by molar-refractivity contribution is -0.387. The summed E-state index contributed by atoms with van der Waals surface area (Å²) in [7, 11) is 0. The minimum atomic E-state index is -0.400. The Balaban J connectivity index is 2.18. The van der Waals surface area contributed by atoms with Crippen LogP contribution in [0.2, 0.25) is 5.02 Å². The standard InChI is InChI=1S/C14H9ClN2O2S/c15-12-7-10(8-16)5-6-11(12)9-20-14-4-2-1-3-13(14)17(18)19/h1-7H,9H2. The largest absolute Gasteiger partial charge is 0.282 e. The van der Waals surface area contributed by atoms with Crippen molar-refractivity contribution < 1.29 is 4.92 Å². The number of benzene rings is 2. The van der Waals surface area contributed by atoms with Crippen LogP contribution < -0.4 is 0 Å². The summed E-state index contributed by atoms with van der Waals surface area (Å²) in [5.74, 6) is 0.509. The third-order valence-electron chi connectivity index (χ3n) is 2.63. The quantitative estimate of drug-likeness (QED) is 0.476. The van der Waals surface area contributed by atoms with E-state index in [-0.39, 0.29) is 5.69 Å². The van der Waals surface area contributed by atoms with Gasteiger partial charge < -0.3 is 0 Å². The molecular weight excluding hydrogens is 296 g/mol. The van der Waals surface area contributed by atoms with Gasteiger partial charge >= 0.3 is 0 Å². The highest BCUT2D eigenvalue weighted by Crippen LogP contribution is 2.32. The fourth-order valence-corrected chi connectivity index (χ4v) is 2.97. The monoisotopic (exact) mass is 304 g/mol. The van der Waals surface area contributed by atoms with Gasteiger partial charge in [-0.15, -0.1) is 11.8 Å². The Morgan fingerprint density at radius 3 is 2.70 bits per heavy atom. The van der Waals surface area contributed by atoms with Crippen molar-refractivity contribution in [3.8, 4) is 6.07 Å². The first kappa shape index (κ1) is 14.4. The molecule has 0 amide bonds. The van der Waals surface area contributed by atoms with Gasteiger partial charge in [0, 0.05) is 16.8 Å². The van der Waals surface area contributed by atoms with Crippen molar-refractivity contribution in [2.45, 2.75) is 10.6 Å². The zero-order valence-corrected chi connectivity index (χ0v) is 11.8. The molecule has 2 rings (SSSR count). The van der Waals surface area contributed by atoms with Crippen LogP contribution in [0.3, 0.4) is 0 Å². The fourth-order valence-electron chi connectivity index (χ4n) is 1.62. The highest BCUT2D eigenvalue weighted by molar-refractivity contribution is 7.98. The molecule has 0 bridgehead atoms. The average Bonchev–Trinajstić information content (AvgIpc) is 2.46. The zero-order chi connectivity index (χ0) is 14.5. The predicted octanol–water partition coefficient (Wildman–Crippen LogP) is 4.41. The molecule has 4 nitrogen and oxygen atoms in total. The Labute approximate surface area is 125 Å². The van der Waals surface area contributed by atoms with E-state index in [1.54, 1.807) is 36.4 Å². The van der Waals surface area contributed by atoms with Crippen molar-refractivity contribution in [3.63, 3.8) is 0 Å². The topological polar surface area (TPSA) is 66.9 Å². The van der Waals surface area contributed by atoms with Gasteiger partial charge in [0.15, 0.2) is 0 Å². The smallest absolute Gasteiger partial charge is 0.258 e. The van der Waals surface area contributed by atoms with Crippen LogP contribution in [0, 0.1) is 21.4 Å². The van der Waals surface area contributed by atoms with E-state index in [4.69, 9.17) is 16.9 Å². The first-order valence-electron chi connectivity index (χ1n) is 5.66. The molecule has 0 saturated heterocycles. The third-order valence-corrected chi connectivity index (χ3v) is 4.09. The highest BCUT2D eigenvalue weighted by atomic mass is 35.5. The SMILES string of the molecule is N#Cc1ccc(CSc2ccccc2[N+](=O)[O-])c(Cl)c1. The second kappa shape index (κ2) is 6.42. The highest BCUT2D eigenvalue weighted by Gasteiger charge is 2.13. The maximum atomic E-state index is 10.9. The lowest BCUT2D eigenvalue weighted by Gasteiger charge is -2.05. The van der Waals surface area contributed by atoms with Crippen molar-refractivity contribution in [2.24, 2.45) is 0 Å². The number of hydrogen-bond acceptors (Lipinski definition) is 4. The van der Waals surface area contributed by atoms with Crippen LogP contribution >= 0.6 is 23.4 Å². The summed E-state index contributed by atoms with van der Waals surface area (Å²) in [4.78, 5) is 11.1. The molecule has 2 aromatic rings. The molecule has 0 saturated carbocycles. The van der Waals surface area contributed by atoms with Crippen LogP contribution in [0.1, 0.15) is 11.1 Å². The lowest BCUT2D eigenvalue weighted by Crippen LogP contribution is -1.91. The van der Waals surface area contributed by atoms with E-state index in [2.05, 4.69) is 0 Å². The average molecular weight is 305 g/mol. The predicted molar refractivity (Wildman–Crippen MR) is 78.8 cm³/mol. The molecule has 0 unspecified atom stereocenters. The van der Waals surface area contributed by atoms with Gasteiger partial charge in [-0.3, -0.25) is 10.1 Å². The van der Waals surface area contributed by atoms with Crippen LogP contribution in [-0.2, 0) is 5.75 Å². The van der Waals surface area contributed by atoms with E-state index >= 15 is 0 Å². The van der Waals surface area contributed by atoms with E-state index in [1.165, 1.54) is 17.8 Å². The van der Waals surface area contributed by atoms with Crippen LogP contribution in [0.25, 0.3) is 0 Å². The second-order valence-electron chi connectivity index (χ2n) is 3.93. The van der Waals surface area contributed by atoms with E-state index in [9.17, 15) is 10.1 Å². The Hall–Kier alpha value is -2.03. The summed E-state index contributed by atoms with van der Waals surface area (Å²) in [6, 6.07) is 13.6. The van der Waals surface area contributed by atoms with Gasteiger partial charge in [-0.1, -0.05) is 29.8 Å². The van der Waals surface area contributed by atoms with Gasteiger partial charge in [0.1, 0.15) is 0 Å². The molecule has 0 aliphatic heterocycles. The molecule has 6 heteroatoms. The van der Waals surface area contributed by atoms with Gasteiger partial charge in [-0.05, 0) is 23.8 Å². The maximum Gasteiger partial charge on any atom is 0.282 e. The van der Waals surface area contributed by atoms with Crippen LogP contribution in [-0.4, -0.2) is 4.92 Å². The summed E-state index contributed by atoms with van der Waals surface area (Å²) < 4.78 is 0. The summed E-state index contributed by atoms with van der Waals surface area (Å²) in [5, 5.41) is 20.2. The summed E-state index contributed by atoms with van der Waals surface area (Å²) in [6.07, 6.45) is 0. The van der Waals surface area contributed by atoms with Crippen LogP contribution in [0.5, 0.6) is 0 Å².